The molecule has 4 aromatic rings. The van der Waals surface area contributed by atoms with E-state index in [1.807, 2.05) is 13.0 Å². The lowest BCUT2D eigenvalue weighted by Crippen LogP contribution is -2.38. The van der Waals surface area contributed by atoms with Crippen LogP contribution in [0.4, 0.5) is 8.78 Å². The number of halogens is 2. The Morgan fingerprint density at radius 3 is 2.56 bits per heavy atom. The summed E-state index contributed by atoms with van der Waals surface area (Å²) in [6.07, 6.45) is 1.63. The number of fused-ring (bicyclic) bond motifs is 2. The molecule has 1 fully saturated rings. The number of hydrogen-bond donors (Lipinski definition) is 0. The topological polar surface area (TPSA) is 129 Å². The number of aryl methyl sites for hydroxylation is 3. The average Bonchev–Trinajstić information content (AvgIpc) is 3.61. The van der Waals surface area contributed by atoms with Gasteiger partial charge in [0, 0.05) is 24.0 Å². The summed E-state index contributed by atoms with van der Waals surface area (Å²) in [5.74, 6) is -1.60. The smallest absolute Gasteiger partial charge is 0.312 e. The van der Waals surface area contributed by atoms with Gasteiger partial charge in [0.2, 0.25) is 21.7 Å². The zero-order valence-corrected chi connectivity index (χ0v) is 26.7. The Hall–Kier alpha value is -4.04. The maximum atomic E-state index is 14.0. The Bertz CT molecular complexity index is 1940. The molecule has 0 aromatic carbocycles. The van der Waals surface area contributed by atoms with Gasteiger partial charge in [-0.05, 0) is 87.9 Å². The molecule has 1 unspecified atom stereocenters. The molecule has 11 nitrogen and oxygen atoms in total. The van der Waals surface area contributed by atoms with Crippen LogP contribution >= 0.6 is 0 Å². The number of methoxy groups -OCH3 is 1. The van der Waals surface area contributed by atoms with Crippen LogP contribution < -0.4 is 4.74 Å². The Balaban J connectivity index is 1.46. The van der Waals surface area contributed by atoms with Crippen molar-refractivity contribution >= 4 is 21.6 Å². The van der Waals surface area contributed by atoms with Gasteiger partial charge in [-0.15, -0.1) is 10.2 Å². The Labute approximate surface area is 259 Å². The summed E-state index contributed by atoms with van der Waals surface area (Å²) >= 11 is 0. The molecule has 0 N–H and O–H groups in total. The van der Waals surface area contributed by atoms with Gasteiger partial charge >= 0.3 is 5.97 Å². The first-order valence-corrected chi connectivity index (χ1v) is 16.0. The van der Waals surface area contributed by atoms with Crippen molar-refractivity contribution in [2.45, 2.75) is 76.8 Å². The Morgan fingerprint density at radius 2 is 1.89 bits per heavy atom. The summed E-state index contributed by atoms with van der Waals surface area (Å²) in [7, 11) is -2.70. The van der Waals surface area contributed by atoms with E-state index in [4.69, 9.17) is 14.5 Å². The van der Waals surface area contributed by atoms with Crippen LogP contribution in [0.2, 0.25) is 0 Å². The second-order valence-electron chi connectivity index (χ2n) is 12.5. The van der Waals surface area contributed by atoms with Gasteiger partial charge in [-0.1, -0.05) is 6.07 Å². The molecule has 1 aliphatic heterocycles. The third-order valence-electron chi connectivity index (χ3n) is 8.84. The number of nitrogens with zero attached hydrogens (tertiary/aromatic N) is 6. The van der Waals surface area contributed by atoms with Crippen LogP contribution in [0.15, 0.2) is 41.6 Å². The molecule has 45 heavy (non-hydrogen) atoms. The van der Waals surface area contributed by atoms with Crippen molar-refractivity contribution in [1.29, 1.82) is 0 Å². The monoisotopic (exact) mass is 640 g/mol. The first-order chi connectivity index (χ1) is 21.2. The Kier molecular flexibility index (Phi) is 7.43. The zero-order valence-electron chi connectivity index (χ0n) is 25.8. The molecule has 238 valence electrons. The molecule has 1 spiro atoms. The fraction of sp³-hybridized carbons (Fsp3) is 0.452. The first kappa shape index (κ1) is 31.0. The second-order valence-corrected chi connectivity index (χ2v) is 14.4. The van der Waals surface area contributed by atoms with Gasteiger partial charge in [-0.2, -0.15) is 4.31 Å². The molecule has 5 heterocycles. The molecule has 4 aromatic heterocycles. The third kappa shape index (κ3) is 5.23. The lowest BCUT2D eigenvalue weighted by Gasteiger charge is -2.33. The van der Waals surface area contributed by atoms with E-state index in [9.17, 15) is 22.0 Å². The molecule has 1 atom stereocenters. The SMILES string of the molecule is COC(=O)C(C)(C)C(c1ccc(C)c(CN2CC3(CC3)Oc3ncc(C)cc3S2(=O)=O)n1)c1ccn2c(C(F)F)nnc2c1C. The van der Waals surface area contributed by atoms with Crippen LogP contribution in [0.25, 0.3) is 5.65 Å². The van der Waals surface area contributed by atoms with E-state index < -0.39 is 45.2 Å². The number of aromatic nitrogens is 5. The highest BCUT2D eigenvalue weighted by Gasteiger charge is 2.52. The maximum Gasteiger partial charge on any atom is 0.312 e. The van der Waals surface area contributed by atoms with Crippen molar-refractivity contribution in [2.24, 2.45) is 5.41 Å². The number of alkyl halides is 2. The summed E-state index contributed by atoms with van der Waals surface area (Å²) < 4.78 is 69.1. The zero-order chi connectivity index (χ0) is 32.5. The number of carbonyl (C=O) groups is 1. The maximum absolute atomic E-state index is 14.0. The Morgan fingerprint density at radius 1 is 1.16 bits per heavy atom. The highest BCUT2D eigenvalue weighted by molar-refractivity contribution is 7.89. The molecule has 6 rings (SSSR count). The van der Waals surface area contributed by atoms with Gasteiger partial charge in [0.1, 0.15) is 10.5 Å². The molecule has 0 radical (unpaired) electrons. The van der Waals surface area contributed by atoms with Crippen molar-refractivity contribution in [1.82, 2.24) is 28.9 Å². The predicted molar refractivity (Wildman–Crippen MR) is 158 cm³/mol. The first-order valence-electron chi connectivity index (χ1n) is 14.5. The quantitative estimate of drug-likeness (QED) is 0.261. The van der Waals surface area contributed by atoms with Gasteiger partial charge < -0.3 is 9.47 Å². The summed E-state index contributed by atoms with van der Waals surface area (Å²) in [5.41, 5.74) is 2.01. The number of sulfonamides is 1. The lowest BCUT2D eigenvalue weighted by atomic mass is 9.72. The summed E-state index contributed by atoms with van der Waals surface area (Å²) in [5, 5.41) is 7.68. The van der Waals surface area contributed by atoms with E-state index in [-0.39, 0.29) is 29.5 Å². The van der Waals surface area contributed by atoms with E-state index in [0.29, 0.717) is 40.9 Å². The van der Waals surface area contributed by atoms with E-state index in [2.05, 4.69) is 15.2 Å². The number of rotatable bonds is 7. The standard InChI is InChI=1S/C31H34F2N6O5S/c1-17-13-23-28(34-14-17)44-31(10-11-31)16-38(45(23,41)42)15-22-18(2)7-8-21(35-22)24(30(4,5)29(40)43-6)20-9-12-39-26(19(20)3)36-37-27(39)25(32)33/h7-9,12-14,24-25H,10-11,15-16H2,1-6H3. The number of pyridine rings is 3. The van der Waals surface area contributed by atoms with Gasteiger partial charge in [-0.3, -0.25) is 14.2 Å². The molecule has 0 saturated heterocycles. The predicted octanol–water partition coefficient (Wildman–Crippen LogP) is 4.83. The largest absolute Gasteiger partial charge is 0.469 e. The normalized spacial score (nSPS) is 18.0. The minimum absolute atomic E-state index is 0.0187. The molecular formula is C31H34F2N6O5S. The van der Waals surface area contributed by atoms with Crippen molar-refractivity contribution in [3.05, 3.63) is 76.1 Å². The molecule has 0 amide bonds. The van der Waals surface area contributed by atoms with Crippen molar-refractivity contribution < 1.29 is 31.5 Å². The van der Waals surface area contributed by atoms with Crippen LogP contribution in [-0.2, 0) is 26.1 Å². The lowest BCUT2D eigenvalue weighted by molar-refractivity contribution is -0.151. The second kappa shape index (κ2) is 10.8. The molecule has 14 heteroatoms. The molecule has 0 bridgehead atoms. The number of ether oxygens (including phenoxy) is 2. The molecule has 1 saturated carbocycles. The summed E-state index contributed by atoms with van der Waals surface area (Å²) in [6, 6.07) is 6.86. The van der Waals surface area contributed by atoms with Crippen LogP contribution in [0.5, 0.6) is 5.88 Å². The molecule has 1 aliphatic carbocycles. The summed E-state index contributed by atoms with van der Waals surface area (Å²) in [4.78, 5) is 22.5. The van der Waals surface area contributed by atoms with Crippen LogP contribution in [0.1, 0.15) is 78.5 Å². The highest BCUT2D eigenvalue weighted by atomic mass is 32.2. The van der Waals surface area contributed by atoms with E-state index in [1.165, 1.54) is 22.0 Å². The minimum atomic E-state index is -4.00. The molecular weight excluding hydrogens is 606 g/mol. The van der Waals surface area contributed by atoms with Crippen LogP contribution in [0.3, 0.4) is 0 Å². The van der Waals surface area contributed by atoms with Gasteiger partial charge in [0.05, 0.1) is 31.3 Å². The minimum Gasteiger partial charge on any atom is -0.469 e. The number of hydrogen-bond acceptors (Lipinski definition) is 9. The van der Waals surface area contributed by atoms with Gasteiger partial charge in [0.15, 0.2) is 5.65 Å². The van der Waals surface area contributed by atoms with E-state index in [0.717, 1.165) is 5.56 Å². The highest BCUT2D eigenvalue weighted by Crippen LogP contribution is 2.47. The van der Waals surface area contributed by atoms with Crippen molar-refractivity contribution in [3.63, 3.8) is 0 Å². The summed E-state index contributed by atoms with van der Waals surface area (Å²) in [6.45, 7) is 8.91. The fourth-order valence-corrected chi connectivity index (χ4v) is 7.69. The number of esters is 1. The van der Waals surface area contributed by atoms with E-state index >= 15 is 0 Å². The average molecular weight is 641 g/mol. The van der Waals surface area contributed by atoms with Crippen LogP contribution in [-0.4, -0.2) is 62.5 Å². The molecule has 2 aliphatic rings. The van der Waals surface area contributed by atoms with Gasteiger partial charge in [0.25, 0.3) is 6.43 Å². The van der Waals surface area contributed by atoms with Gasteiger partial charge in [-0.25, -0.2) is 22.2 Å². The van der Waals surface area contributed by atoms with Crippen LogP contribution in [0, 0.1) is 26.2 Å². The van der Waals surface area contributed by atoms with E-state index in [1.54, 1.807) is 52.1 Å². The third-order valence-corrected chi connectivity index (χ3v) is 10.6. The van der Waals surface area contributed by atoms with Crippen molar-refractivity contribution in [3.8, 4) is 5.88 Å². The fourth-order valence-electron chi connectivity index (χ4n) is 6.07. The number of carbonyl (C=O) groups excluding carboxylic acids is 1. The van der Waals surface area contributed by atoms with Crippen molar-refractivity contribution in [2.75, 3.05) is 13.7 Å².